The van der Waals surface area contributed by atoms with Gasteiger partial charge in [-0.25, -0.2) is 4.39 Å². The zero-order valence-electron chi connectivity index (χ0n) is 26.0. The van der Waals surface area contributed by atoms with Crippen LogP contribution in [-0.4, -0.2) is 90.0 Å². The Morgan fingerprint density at radius 3 is 2.07 bits per heavy atom. The van der Waals surface area contributed by atoms with Crippen LogP contribution in [0.15, 0.2) is 0 Å². The lowest BCUT2D eigenvalue weighted by atomic mass is 9.55. The Hall–Kier alpha value is -1.25. The summed E-state index contributed by atoms with van der Waals surface area (Å²) in [7, 11) is 1.88. The normalized spacial score (nSPS) is 38.9. The molecule has 0 radical (unpaired) electrons. The number of ether oxygens (including phenoxy) is 1. The van der Waals surface area contributed by atoms with E-state index in [1.807, 2.05) is 7.11 Å². The molecule has 4 aliphatic carbocycles. The molecule has 2 N–H and O–H groups in total. The van der Waals surface area contributed by atoms with Crippen molar-refractivity contribution in [2.45, 2.75) is 146 Å². The number of halogens is 1. The van der Waals surface area contributed by atoms with Crippen LogP contribution in [0, 0.1) is 23.2 Å². The number of alkyl halides is 1. The molecule has 0 bridgehead atoms. The zero-order valence-corrected chi connectivity index (χ0v) is 26.0. The quantitative estimate of drug-likeness (QED) is 0.483. The Bertz CT molecular complexity index is 941. The van der Waals surface area contributed by atoms with Crippen LogP contribution in [0.5, 0.6) is 0 Å². The van der Waals surface area contributed by atoms with E-state index in [4.69, 9.17) is 4.74 Å². The number of fused-ring (bicyclic) bond motifs is 2. The maximum atomic E-state index is 15.9. The van der Waals surface area contributed by atoms with E-state index in [9.17, 15) is 14.7 Å². The van der Waals surface area contributed by atoms with E-state index in [-0.39, 0.29) is 17.7 Å². The highest BCUT2D eigenvalue weighted by Gasteiger charge is 2.53. The summed E-state index contributed by atoms with van der Waals surface area (Å²) in [4.78, 5) is 29.4. The van der Waals surface area contributed by atoms with Crippen LogP contribution in [-0.2, 0) is 14.3 Å². The third-order valence-electron chi connectivity index (χ3n) is 12.5. The predicted molar refractivity (Wildman–Crippen MR) is 161 cm³/mol. The van der Waals surface area contributed by atoms with Crippen molar-refractivity contribution >= 4 is 11.8 Å². The summed E-state index contributed by atoms with van der Waals surface area (Å²) in [6, 6.07) is 0.841. The van der Waals surface area contributed by atoms with E-state index in [0.717, 1.165) is 32.1 Å². The van der Waals surface area contributed by atoms with Crippen LogP contribution >= 0.6 is 0 Å². The van der Waals surface area contributed by atoms with Crippen LogP contribution in [0.1, 0.15) is 116 Å². The smallest absolute Gasteiger partial charge is 0.254 e. The Labute approximate surface area is 252 Å². The number of aliphatic hydroxyl groups is 1. The maximum absolute atomic E-state index is 15.9. The molecule has 1 spiro atoms. The first-order valence-corrected chi connectivity index (χ1v) is 17.6. The highest BCUT2D eigenvalue weighted by atomic mass is 19.1. The standard InChI is InChI=1S/C34H56FN3O4/c1-42-25-10-12-29-27(22-25)33(13-7-5-3-2-4-6-8-14-33)23-30(36-29)24-9-11-26(28(35)21-24)31(39)37-17-19-38(20-18-37)32(40)34(41)15-16-34/h24-30,36,41H,2-23H2,1H3. The number of nitrogens with zero attached hydrogens (tertiary/aromatic N) is 2. The van der Waals surface area contributed by atoms with E-state index < -0.39 is 17.7 Å². The lowest BCUT2D eigenvalue weighted by Crippen LogP contribution is -2.61. The van der Waals surface area contributed by atoms with Crippen molar-refractivity contribution in [3.05, 3.63) is 0 Å². The fraction of sp³-hybridized carbons (Fsp3) is 0.941. The molecule has 7 nitrogen and oxygen atoms in total. The average Bonchev–Trinajstić information content (AvgIpc) is 3.77. The van der Waals surface area contributed by atoms with Gasteiger partial charge < -0.3 is 25.0 Å². The molecule has 2 saturated heterocycles. The van der Waals surface area contributed by atoms with Gasteiger partial charge in [0, 0.05) is 45.4 Å². The molecule has 6 rings (SSSR count). The van der Waals surface area contributed by atoms with Crippen molar-refractivity contribution in [2.75, 3.05) is 33.3 Å². The molecule has 7 atom stereocenters. The maximum Gasteiger partial charge on any atom is 0.254 e. The first-order chi connectivity index (χ1) is 20.3. The summed E-state index contributed by atoms with van der Waals surface area (Å²) in [6.07, 6.45) is 19.0. The summed E-state index contributed by atoms with van der Waals surface area (Å²) < 4.78 is 21.8. The van der Waals surface area contributed by atoms with Gasteiger partial charge in [0.1, 0.15) is 11.8 Å². The molecule has 7 unspecified atom stereocenters. The summed E-state index contributed by atoms with van der Waals surface area (Å²) >= 11 is 0. The number of rotatable bonds is 4. The average molecular weight is 590 g/mol. The van der Waals surface area contributed by atoms with E-state index in [0.29, 0.717) is 81.4 Å². The van der Waals surface area contributed by atoms with Crippen molar-refractivity contribution < 1.29 is 23.8 Å². The predicted octanol–water partition coefficient (Wildman–Crippen LogP) is 4.99. The second kappa shape index (κ2) is 13.0. The highest BCUT2D eigenvalue weighted by Crippen LogP contribution is 2.54. The van der Waals surface area contributed by atoms with Gasteiger partial charge in [0.25, 0.3) is 5.91 Å². The van der Waals surface area contributed by atoms with Crippen molar-refractivity contribution in [1.29, 1.82) is 0 Å². The highest BCUT2D eigenvalue weighted by molar-refractivity contribution is 5.88. The van der Waals surface area contributed by atoms with Crippen molar-refractivity contribution in [3.8, 4) is 0 Å². The van der Waals surface area contributed by atoms with Crippen LogP contribution in [0.4, 0.5) is 4.39 Å². The monoisotopic (exact) mass is 589 g/mol. The van der Waals surface area contributed by atoms with Crippen LogP contribution in [0.2, 0.25) is 0 Å². The van der Waals surface area contributed by atoms with Gasteiger partial charge in [-0.05, 0) is 87.9 Å². The molecular formula is C34H56FN3O4. The van der Waals surface area contributed by atoms with Crippen LogP contribution < -0.4 is 5.32 Å². The number of carbonyl (C=O) groups excluding carboxylic acids is 2. The zero-order chi connectivity index (χ0) is 29.3. The molecule has 8 heteroatoms. The molecule has 6 fully saturated rings. The van der Waals surface area contributed by atoms with Gasteiger partial charge in [-0.15, -0.1) is 0 Å². The fourth-order valence-corrected chi connectivity index (χ4v) is 9.77. The molecule has 0 aromatic carbocycles. The minimum atomic E-state index is -1.17. The molecule has 42 heavy (non-hydrogen) atoms. The first-order valence-electron chi connectivity index (χ1n) is 17.6. The lowest BCUT2D eigenvalue weighted by Gasteiger charge is -2.57. The summed E-state index contributed by atoms with van der Waals surface area (Å²) in [5, 5.41) is 14.3. The molecule has 0 aromatic rings. The third-order valence-corrected chi connectivity index (χ3v) is 12.5. The largest absolute Gasteiger partial charge is 0.381 e. The SMILES string of the molecule is COC1CCC2NC(C3CCC(C(=O)N4CCN(C(=O)C5(O)CC5)CC4)C(F)C3)CC3(CCCCCCCCC3)C2C1. The van der Waals surface area contributed by atoms with Gasteiger partial charge in [0.05, 0.1) is 12.0 Å². The Morgan fingerprint density at radius 1 is 0.810 bits per heavy atom. The van der Waals surface area contributed by atoms with Crippen molar-refractivity contribution in [3.63, 3.8) is 0 Å². The van der Waals surface area contributed by atoms with Crippen LogP contribution in [0.3, 0.4) is 0 Å². The molecule has 2 amide bonds. The number of methoxy groups -OCH3 is 1. The third kappa shape index (κ3) is 6.42. The van der Waals surface area contributed by atoms with Crippen molar-refractivity contribution in [2.24, 2.45) is 23.2 Å². The van der Waals surface area contributed by atoms with Gasteiger partial charge in [-0.3, -0.25) is 9.59 Å². The van der Waals surface area contributed by atoms with E-state index in [1.165, 1.54) is 57.8 Å². The molecule has 238 valence electrons. The Kier molecular flexibility index (Phi) is 9.52. The van der Waals surface area contributed by atoms with Crippen LogP contribution in [0.25, 0.3) is 0 Å². The van der Waals surface area contributed by atoms with E-state index >= 15 is 4.39 Å². The second-order valence-corrected chi connectivity index (χ2v) is 15.0. The molecule has 4 saturated carbocycles. The van der Waals surface area contributed by atoms with Gasteiger partial charge in [-0.2, -0.15) is 0 Å². The van der Waals surface area contributed by atoms with Gasteiger partial charge in [0.15, 0.2) is 0 Å². The number of hydrogen-bond donors (Lipinski definition) is 2. The first kappa shape index (κ1) is 30.8. The molecular weight excluding hydrogens is 533 g/mol. The van der Waals surface area contributed by atoms with Gasteiger partial charge in [0.2, 0.25) is 5.91 Å². The van der Waals surface area contributed by atoms with Gasteiger partial charge in [-0.1, -0.05) is 44.9 Å². The van der Waals surface area contributed by atoms with Crippen molar-refractivity contribution in [1.82, 2.24) is 15.1 Å². The number of hydrogen-bond acceptors (Lipinski definition) is 5. The van der Waals surface area contributed by atoms with E-state index in [1.54, 1.807) is 9.80 Å². The molecule has 2 heterocycles. The molecule has 6 aliphatic rings. The number of amides is 2. The summed E-state index contributed by atoms with van der Waals surface area (Å²) in [5.41, 5.74) is -0.837. The second-order valence-electron chi connectivity index (χ2n) is 15.0. The minimum absolute atomic E-state index is 0.0726. The fourth-order valence-electron chi connectivity index (χ4n) is 9.77. The number of nitrogens with one attached hydrogen (secondary N) is 1. The molecule has 0 aromatic heterocycles. The number of carbonyl (C=O) groups is 2. The van der Waals surface area contributed by atoms with Gasteiger partial charge >= 0.3 is 0 Å². The van der Waals surface area contributed by atoms with E-state index in [2.05, 4.69) is 5.32 Å². The summed E-state index contributed by atoms with van der Waals surface area (Å²) in [5.74, 6) is 0.0942. The number of piperidine rings is 1. The lowest BCUT2D eigenvalue weighted by molar-refractivity contribution is -0.150. The number of piperazine rings is 1. The summed E-state index contributed by atoms with van der Waals surface area (Å²) in [6.45, 7) is 1.73. The molecule has 2 aliphatic heterocycles. The topological polar surface area (TPSA) is 82.1 Å². The Balaban J connectivity index is 1.08. The Morgan fingerprint density at radius 2 is 1.45 bits per heavy atom. The minimum Gasteiger partial charge on any atom is -0.381 e.